The molecule has 0 bridgehead atoms. The molecule has 1 fully saturated rings. The highest BCUT2D eigenvalue weighted by molar-refractivity contribution is 5.94. The van der Waals surface area contributed by atoms with Crippen LogP contribution in [0.3, 0.4) is 0 Å². The van der Waals surface area contributed by atoms with Gasteiger partial charge in [0.25, 0.3) is 5.91 Å². The average molecular weight is 332 g/mol. The first kappa shape index (κ1) is 16.2. The Kier molecular flexibility index (Phi) is 4.10. The summed E-state index contributed by atoms with van der Waals surface area (Å²) in [6.45, 7) is 0. The maximum absolute atomic E-state index is 13.0. The number of rotatable bonds is 6. The van der Waals surface area contributed by atoms with Gasteiger partial charge in [-0.2, -0.15) is 0 Å². The molecule has 0 radical (unpaired) electrons. The Bertz CT molecular complexity index is 734. The maximum Gasteiger partial charge on any atom is 0.266 e. The largest absolute Gasteiger partial charge is 0.348 e. The van der Waals surface area contributed by atoms with Crippen LogP contribution in [0, 0.1) is 0 Å². The Morgan fingerprint density at radius 2 is 2.29 bits per heavy atom. The van der Waals surface area contributed by atoms with Gasteiger partial charge >= 0.3 is 0 Å². The van der Waals surface area contributed by atoms with E-state index in [4.69, 9.17) is 5.21 Å². The molecule has 9 nitrogen and oxygen atoms in total. The summed E-state index contributed by atoms with van der Waals surface area (Å²) in [5, 5.41) is 9.02. The van der Waals surface area contributed by atoms with Gasteiger partial charge in [0.2, 0.25) is 5.91 Å². The minimum atomic E-state index is -0.843. The van der Waals surface area contributed by atoms with E-state index in [0.717, 1.165) is 0 Å². The standard InChI is InChI=1S/C15H20N6O3/c1-20-7-12(18-9-20)15(3-4-15)14(23)21(2)11(13(22)19-24)5-10-6-16-8-17-10/h6-9,11,24H,3-5H2,1-2H3,(H,16,17)(H,19,22). The molecule has 1 unspecified atom stereocenters. The molecule has 128 valence electrons. The molecule has 0 saturated heterocycles. The summed E-state index contributed by atoms with van der Waals surface area (Å²) in [6, 6.07) is -0.843. The number of imidazole rings is 2. The van der Waals surface area contributed by atoms with Gasteiger partial charge in [-0.15, -0.1) is 0 Å². The summed E-state index contributed by atoms with van der Waals surface area (Å²) in [5.41, 5.74) is 2.39. The smallest absolute Gasteiger partial charge is 0.266 e. The van der Waals surface area contributed by atoms with Gasteiger partial charge < -0.3 is 14.5 Å². The van der Waals surface area contributed by atoms with E-state index in [1.54, 1.807) is 29.6 Å². The molecule has 2 amide bonds. The second-order valence-corrected chi connectivity index (χ2v) is 6.20. The van der Waals surface area contributed by atoms with Gasteiger partial charge in [-0.25, -0.2) is 15.4 Å². The predicted octanol–water partition coefficient (Wildman–Crippen LogP) is -0.250. The van der Waals surface area contributed by atoms with Crippen LogP contribution in [0.15, 0.2) is 25.0 Å². The van der Waals surface area contributed by atoms with Crippen molar-refractivity contribution in [2.45, 2.75) is 30.7 Å². The van der Waals surface area contributed by atoms with E-state index in [0.29, 0.717) is 24.2 Å². The Morgan fingerprint density at radius 3 is 2.79 bits per heavy atom. The van der Waals surface area contributed by atoms with E-state index < -0.39 is 17.4 Å². The lowest BCUT2D eigenvalue weighted by Crippen LogP contribution is -2.51. The van der Waals surface area contributed by atoms with E-state index in [9.17, 15) is 9.59 Å². The van der Waals surface area contributed by atoms with Gasteiger partial charge in [0.15, 0.2) is 0 Å². The quantitative estimate of drug-likeness (QED) is 0.498. The number of nitrogens with zero attached hydrogens (tertiary/aromatic N) is 4. The van der Waals surface area contributed by atoms with Crippen LogP contribution in [0.1, 0.15) is 24.2 Å². The summed E-state index contributed by atoms with van der Waals surface area (Å²) < 4.78 is 1.80. The summed E-state index contributed by atoms with van der Waals surface area (Å²) in [5.74, 6) is -0.813. The van der Waals surface area contributed by atoms with Crippen molar-refractivity contribution < 1.29 is 14.8 Å². The topological polar surface area (TPSA) is 116 Å². The van der Waals surface area contributed by atoms with Crippen LogP contribution >= 0.6 is 0 Å². The highest BCUT2D eigenvalue weighted by atomic mass is 16.5. The highest BCUT2D eigenvalue weighted by Gasteiger charge is 2.55. The molecule has 0 spiro atoms. The molecule has 3 rings (SSSR count). The fourth-order valence-corrected chi connectivity index (χ4v) is 2.93. The number of hydrogen-bond acceptors (Lipinski definition) is 5. The number of H-pyrrole nitrogens is 1. The predicted molar refractivity (Wildman–Crippen MR) is 82.9 cm³/mol. The van der Waals surface area contributed by atoms with Gasteiger partial charge in [-0.05, 0) is 12.8 Å². The van der Waals surface area contributed by atoms with E-state index in [1.807, 2.05) is 13.2 Å². The van der Waals surface area contributed by atoms with Crippen LogP contribution in [-0.4, -0.2) is 54.5 Å². The number of carbonyl (C=O) groups is 2. The zero-order valence-electron chi connectivity index (χ0n) is 13.6. The number of hydroxylamine groups is 1. The number of aromatic nitrogens is 4. The molecule has 1 aliphatic carbocycles. The van der Waals surface area contributed by atoms with Crippen LogP contribution in [0.2, 0.25) is 0 Å². The second-order valence-electron chi connectivity index (χ2n) is 6.20. The summed E-state index contributed by atoms with van der Waals surface area (Å²) in [6.07, 6.45) is 8.20. The Morgan fingerprint density at radius 1 is 1.54 bits per heavy atom. The molecule has 1 saturated carbocycles. The second kappa shape index (κ2) is 6.08. The minimum absolute atomic E-state index is 0.172. The molecule has 0 aromatic carbocycles. The molecule has 9 heteroatoms. The van der Waals surface area contributed by atoms with Crippen molar-refractivity contribution in [2.24, 2.45) is 7.05 Å². The first-order valence-corrected chi connectivity index (χ1v) is 7.65. The Labute approximate surface area is 138 Å². The molecule has 24 heavy (non-hydrogen) atoms. The SMILES string of the molecule is CN(C(=O)C1(c2cn(C)cn2)CC1)C(Cc1cnc[nH]1)C(=O)NO. The minimum Gasteiger partial charge on any atom is -0.348 e. The third-order valence-electron chi connectivity index (χ3n) is 4.52. The first-order valence-electron chi connectivity index (χ1n) is 7.65. The van der Waals surface area contributed by atoms with Crippen molar-refractivity contribution in [1.29, 1.82) is 0 Å². The maximum atomic E-state index is 13.0. The summed E-state index contributed by atoms with van der Waals surface area (Å²) in [4.78, 5) is 37.6. The number of aryl methyl sites for hydroxylation is 1. The Balaban J connectivity index is 1.82. The van der Waals surface area contributed by atoms with Crippen molar-refractivity contribution in [2.75, 3.05) is 7.05 Å². The van der Waals surface area contributed by atoms with Crippen LogP contribution in [0.25, 0.3) is 0 Å². The number of likely N-dealkylation sites (N-methyl/N-ethyl adjacent to an activating group) is 1. The molecular weight excluding hydrogens is 312 g/mol. The molecule has 3 N–H and O–H groups in total. The van der Waals surface area contributed by atoms with E-state index in [2.05, 4.69) is 15.0 Å². The van der Waals surface area contributed by atoms with Gasteiger partial charge in [-0.1, -0.05) is 0 Å². The number of amides is 2. The summed E-state index contributed by atoms with van der Waals surface area (Å²) in [7, 11) is 3.42. The molecule has 2 aromatic heterocycles. The van der Waals surface area contributed by atoms with E-state index in [-0.39, 0.29) is 12.3 Å². The lowest BCUT2D eigenvalue weighted by molar-refractivity contribution is -0.144. The average Bonchev–Trinajstić information content (AvgIpc) is 3.00. The van der Waals surface area contributed by atoms with Gasteiger partial charge in [-0.3, -0.25) is 14.8 Å². The lowest BCUT2D eigenvalue weighted by Gasteiger charge is -2.29. The van der Waals surface area contributed by atoms with Crippen LogP contribution in [0.4, 0.5) is 0 Å². The molecular formula is C15H20N6O3. The van der Waals surface area contributed by atoms with Crippen LogP contribution < -0.4 is 5.48 Å². The van der Waals surface area contributed by atoms with Crippen molar-refractivity contribution in [3.05, 3.63) is 36.4 Å². The number of hydrogen-bond donors (Lipinski definition) is 3. The molecule has 1 atom stereocenters. The summed E-state index contributed by atoms with van der Waals surface area (Å²) >= 11 is 0. The first-order chi connectivity index (χ1) is 11.5. The zero-order chi connectivity index (χ0) is 17.3. The van der Waals surface area contributed by atoms with Crippen LogP contribution in [0.5, 0.6) is 0 Å². The lowest BCUT2D eigenvalue weighted by atomic mass is 9.99. The van der Waals surface area contributed by atoms with Gasteiger partial charge in [0.05, 0.1) is 23.8 Å². The van der Waals surface area contributed by atoms with Crippen molar-refractivity contribution in [3.63, 3.8) is 0 Å². The normalized spacial score (nSPS) is 16.5. The van der Waals surface area contributed by atoms with Crippen molar-refractivity contribution >= 4 is 11.8 Å². The highest BCUT2D eigenvalue weighted by Crippen LogP contribution is 2.49. The van der Waals surface area contributed by atoms with Gasteiger partial charge in [0, 0.05) is 38.6 Å². The van der Waals surface area contributed by atoms with E-state index >= 15 is 0 Å². The molecule has 2 aromatic rings. The zero-order valence-corrected chi connectivity index (χ0v) is 13.6. The third kappa shape index (κ3) is 2.78. The van der Waals surface area contributed by atoms with Crippen molar-refractivity contribution in [3.8, 4) is 0 Å². The third-order valence-corrected chi connectivity index (χ3v) is 4.52. The van der Waals surface area contributed by atoms with Crippen LogP contribution in [-0.2, 0) is 28.5 Å². The fraction of sp³-hybridized carbons (Fsp3) is 0.467. The molecule has 1 aliphatic rings. The van der Waals surface area contributed by atoms with E-state index in [1.165, 1.54) is 11.2 Å². The molecule has 2 heterocycles. The fourth-order valence-electron chi connectivity index (χ4n) is 2.93. The van der Waals surface area contributed by atoms with Crippen molar-refractivity contribution in [1.82, 2.24) is 29.9 Å². The number of carbonyl (C=O) groups excluding carboxylic acids is 2. The monoisotopic (exact) mass is 332 g/mol. The Hall–Kier alpha value is -2.68. The number of nitrogens with one attached hydrogen (secondary N) is 2. The molecule has 0 aliphatic heterocycles. The number of aromatic amines is 1. The van der Waals surface area contributed by atoms with Gasteiger partial charge in [0.1, 0.15) is 6.04 Å².